The molecule has 112 valence electrons. The van der Waals surface area contributed by atoms with E-state index in [1.165, 1.54) is 38.4 Å². The molecule has 0 N–H and O–H groups in total. The Kier molecular flexibility index (Phi) is 4.40. The molecule has 0 aromatic heterocycles. The van der Waals surface area contributed by atoms with E-state index in [0.29, 0.717) is 6.04 Å². The minimum absolute atomic E-state index is 0.189. The predicted molar refractivity (Wildman–Crippen MR) is 81.8 cm³/mol. The SMILES string of the molecule is N#Cc1c(F)cccc1N1CCC(N2CCCCC2)CC1. The molecule has 2 saturated heterocycles. The van der Waals surface area contributed by atoms with Gasteiger partial charge in [-0.1, -0.05) is 12.5 Å². The van der Waals surface area contributed by atoms with Crippen molar-refractivity contribution >= 4 is 5.69 Å². The van der Waals surface area contributed by atoms with Crippen LogP contribution in [0, 0.1) is 17.1 Å². The highest BCUT2D eigenvalue weighted by atomic mass is 19.1. The fourth-order valence-electron chi connectivity index (χ4n) is 3.64. The average Bonchev–Trinajstić information content (AvgIpc) is 2.55. The molecule has 2 fully saturated rings. The van der Waals surface area contributed by atoms with E-state index in [9.17, 15) is 4.39 Å². The summed E-state index contributed by atoms with van der Waals surface area (Å²) >= 11 is 0. The van der Waals surface area contributed by atoms with Crippen LogP contribution < -0.4 is 4.90 Å². The number of rotatable bonds is 2. The van der Waals surface area contributed by atoms with Crippen LogP contribution in [0.2, 0.25) is 0 Å². The Hall–Kier alpha value is -1.60. The maximum atomic E-state index is 13.7. The third kappa shape index (κ3) is 3.03. The largest absolute Gasteiger partial charge is 0.370 e. The topological polar surface area (TPSA) is 30.3 Å². The maximum Gasteiger partial charge on any atom is 0.143 e. The Morgan fingerprint density at radius 1 is 1.05 bits per heavy atom. The molecule has 0 radical (unpaired) electrons. The third-order valence-corrected chi connectivity index (χ3v) is 4.82. The first-order valence-electron chi connectivity index (χ1n) is 7.97. The summed E-state index contributed by atoms with van der Waals surface area (Å²) in [7, 11) is 0. The van der Waals surface area contributed by atoms with Crippen molar-refractivity contribution < 1.29 is 4.39 Å². The first-order chi connectivity index (χ1) is 10.3. The summed E-state index contributed by atoms with van der Waals surface area (Å²) in [5, 5.41) is 9.16. The molecule has 3 nitrogen and oxygen atoms in total. The van der Waals surface area contributed by atoms with Crippen molar-refractivity contribution in [3.8, 4) is 6.07 Å². The van der Waals surface area contributed by atoms with Crippen LogP contribution in [0.25, 0.3) is 0 Å². The zero-order valence-corrected chi connectivity index (χ0v) is 12.4. The van der Waals surface area contributed by atoms with Gasteiger partial charge in [0, 0.05) is 19.1 Å². The van der Waals surface area contributed by atoms with Gasteiger partial charge >= 0.3 is 0 Å². The second kappa shape index (κ2) is 6.44. The van der Waals surface area contributed by atoms with Crippen molar-refractivity contribution in [3.63, 3.8) is 0 Å². The van der Waals surface area contributed by atoms with Crippen LogP contribution in [0.4, 0.5) is 10.1 Å². The Bertz CT molecular complexity index is 523. The molecule has 2 aliphatic rings. The normalized spacial score (nSPS) is 21.2. The lowest BCUT2D eigenvalue weighted by atomic mass is 9.99. The van der Waals surface area contributed by atoms with Crippen LogP contribution in [0.1, 0.15) is 37.7 Å². The number of hydrogen-bond donors (Lipinski definition) is 0. The summed E-state index contributed by atoms with van der Waals surface area (Å²) in [5.74, 6) is -0.409. The summed E-state index contributed by atoms with van der Waals surface area (Å²) in [4.78, 5) is 4.79. The van der Waals surface area contributed by atoms with Gasteiger partial charge in [0.15, 0.2) is 0 Å². The number of halogens is 1. The minimum Gasteiger partial charge on any atom is -0.370 e. The van der Waals surface area contributed by atoms with E-state index in [4.69, 9.17) is 5.26 Å². The van der Waals surface area contributed by atoms with Crippen molar-refractivity contribution in [1.29, 1.82) is 5.26 Å². The van der Waals surface area contributed by atoms with Crippen LogP contribution in [0.3, 0.4) is 0 Å². The maximum absolute atomic E-state index is 13.7. The van der Waals surface area contributed by atoms with Crippen molar-refractivity contribution in [2.45, 2.75) is 38.1 Å². The highest BCUT2D eigenvalue weighted by Crippen LogP contribution is 2.28. The molecule has 0 bridgehead atoms. The molecule has 3 rings (SSSR count). The second-order valence-corrected chi connectivity index (χ2v) is 6.06. The second-order valence-electron chi connectivity index (χ2n) is 6.06. The number of benzene rings is 1. The summed E-state index contributed by atoms with van der Waals surface area (Å²) in [6.45, 7) is 4.29. The summed E-state index contributed by atoms with van der Waals surface area (Å²) in [5.41, 5.74) is 0.948. The zero-order valence-electron chi connectivity index (χ0n) is 12.4. The molecule has 1 aromatic rings. The van der Waals surface area contributed by atoms with Crippen LogP contribution in [0.5, 0.6) is 0 Å². The average molecular weight is 287 g/mol. The van der Waals surface area contributed by atoms with Gasteiger partial charge in [0.2, 0.25) is 0 Å². The van der Waals surface area contributed by atoms with Gasteiger partial charge < -0.3 is 9.80 Å². The van der Waals surface area contributed by atoms with Gasteiger partial charge in [-0.3, -0.25) is 0 Å². The van der Waals surface area contributed by atoms with E-state index in [-0.39, 0.29) is 5.56 Å². The van der Waals surface area contributed by atoms with E-state index in [0.717, 1.165) is 31.6 Å². The number of nitrogens with zero attached hydrogens (tertiary/aromatic N) is 3. The molecule has 0 amide bonds. The molecule has 0 atom stereocenters. The summed E-state index contributed by atoms with van der Waals surface area (Å²) < 4.78 is 13.7. The molecular formula is C17H22FN3. The highest BCUT2D eigenvalue weighted by molar-refractivity contribution is 5.60. The third-order valence-electron chi connectivity index (χ3n) is 4.82. The molecule has 0 unspecified atom stereocenters. The molecule has 21 heavy (non-hydrogen) atoms. The van der Waals surface area contributed by atoms with Crippen LogP contribution >= 0.6 is 0 Å². The van der Waals surface area contributed by atoms with Crippen molar-refractivity contribution in [2.75, 3.05) is 31.1 Å². The fourth-order valence-corrected chi connectivity index (χ4v) is 3.64. The smallest absolute Gasteiger partial charge is 0.143 e. The number of piperidine rings is 2. The molecule has 2 aliphatic heterocycles. The number of hydrogen-bond acceptors (Lipinski definition) is 3. The Labute approximate surface area is 126 Å². The zero-order chi connectivity index (χ0) is 14.7. The van der Waals surface area contributed by atoms with Crippen LogP contribution in [-0.2, 0) is 0 Å². The summed E-state index contributed by atoms with van der Waals surface area (Å²) in [6.07, 6.45) is 6.23. The van der Waals surface area contributed by atoms with Gasteiger partial charge in [0.1, 0.15) is 17.4 Å². The molecule has 4 heteroatoms. The Balaban J connectivity index is 1.66. The van der Waals surface area contributed by atoms with Crippen LogP contribution in [-0.4, -0.2) is 37.1 Å². The standard InChI is InChI=1S/C17H22FN3/c18-16-5-4-6-17(15(16)13-19)21-11-7-14(8-12-21)20-9-2-1-3-10-20/h4-6,14H,1-3,7-12H2. The van der Waals surface area contributed by atoms with E-state index in [1.807, 2.05) is 12.1 Å². The molecule has 1 aromatic carbocycles. The highest BCUT2D eigenvalue weighted by Gasteiger charge is 2.26. The quantitative estimate of drug-likeness (QED) is 0.837. The van der Waals surface area contributed by atoms with Gasteiger partial charge in [-0.15, -0.1) is 0 Å². The predicted octanol–water partition coefficient (Wildman–Crippen LogP) is 3.15. The van der Waals surface area contributed by atoms with Crippen molar-refractivity contribution in [1.82, 2.24) is 4.90 Å². The van der Waals surface area contributed by atoms with Gasteiger partial charge in [0.05, 0.1) is 5.69 Å². The van der Waals surface area contributed by atoms with Crippen molar-refractivity contribution in [3.05, 3.63) is 29.6 Å². The van der Waals surface area contributed by atoms with E-state index >= 15 is 0 Å². The van der Waals surface area contributed by atoms with Gasteiger partial charge in [-0.25, -0.2) is 4.39 Å². The van der Waals surface area contributed by atoms with Gasteiger partial charge in [-0.05, 0) is 50.9 Å². The summed E-state index contributed by atoms with van der Waals surface area (Å²) in [6, 6.07) is 7.60. The van der Waals surface area contributed by atoms with E-state index in [1.54, 1.807) is 6.07 Å². The monoisotopic (exact) mass is 287 g/mol. The lowest BCUT2D eigenvalue weighted by molar-refractivity contribution is 0.141. The molecule has 0 spiro atoms. The molecular weight excluding hydrogens is 265 g/mol. The Morgan fingerprint density at radius 3 is 2.43 bits per heavy atom. The number of likely N-dealkylation sites (tertiary alicyclic amines) is 1. The van der Waals surface area contributed by atoms with E-state index < -0.39 is 5.82 Å². The minimum atomic E-state index is -0.409. The first-order valence-corrected chi connectivity index (χ1v) is 7.97. The molecule has 0 aliphatic carbocycles. The fraction of sp³-hybridized carbons (Fsp3) is 0.588. The Morgan fingerprint density at radius 2 is 1.76 bits per heavy atom. The number of anilines is 1. The lowest BCUT2D eigenvalue weighted by Crippen LogP contribution is -2.46. The van der Waals surface area contributed by atoms with Gasteiger partial charge in [-0.2, -0.15) is 5.26 Å². The molecule has 2 heterocycles. The van der Waals surface area contributed by atoms with E-state index in [2.05, 4.69) is 9.80 Å². The molecule has 0 saturated carbocycles. The van der Waals surface area contributed by atoms with Crippen molar-refractivity contribution in [2.24, 2.45) is 0 Å². The first kappa shape index (κ1) is 14.3. The lowest BCUT2D eigenvalue weighted by Gasteiger charge is -2.41. The number of nitriles is 1. The van der Waals surface area contributed by atoms with Crippen LogP contribution in [0.15, 0.2) is 18.2 Å². The van der Waals surface area contributed by atoms with Gasteiger partial charge in [0.25, 0.3) is 0 Å².